The molecule has 0 saturated heterocycles. The van der Waals surface area contributed by atoms with E-state index in [4.69, 9.17) is 9.97 Å². The molecule has 166 valence electrons. The Morgan fingerprint density at radius 2 is 1.73 bits per heavy atom. The molecule has 1 N–H and O–H groups in total. The Balaban J connectivity index is 1.59. The number of fused-ring (bicyclic) bond motifs is 1. The quantitative estimate of drug-likeness (QED) is 0.509. The summed E-state index contributed by atoms with van der Waals surface area (Å²) in [5.41, 5.74) is 2.21. The first-order chi connectivity index (χ1) is 16.1. The van der Waals surface area contributed by atoms with Crippen molar-refractivity contribution in [1.82, 2.24) is 19.5 Å². The summed E-state index contributed by atoms with van der Waals surface area (Å²) in [6, 6.07) is 22.8. The fourth-order valence-electron chi connectivity index (χ4n) is 4.05. The molecule has 5 rings (SSSR count). The van der Waals surface area contributed by atoms with Gasteiger partial charge in [-0.25, -0.2) is 9.97 Å². The van der Waals surface area contributed by atoms with Crippen molar-refractivity contribution in [2.45, 2.75) is 19.6 Å². The van der Waals surface area contributed by atoms with Crippen LogP contribution in [0.5, 0.6) is 0 Å². The van der Waals surface area contributed by atoms with Crippen LogP contribution in [0.1, 0.15) is 6.92 Å². The zero-order valence-corrected chi connectivity index (χ0v) is 18.2. The fraction of sp³-hybridized carbons (Fsp3) is 0.200. The maximum Gasteiger partial charge on any atom is 0.255 e. The molecular weight excluding hydrogens is 416 g/mol. The van der Waals surface area contributed by atoms with Crippen LogP contribution < -0.4 is 15.4 Å². The lowest BCUT2D eigenvalue weighted by atomic mass is 10.1. The Kier molecular flexibility index (Phi) is 5.58. The second kappa shape index (κ2) is 8.84. The summed E-state index contributed by atoms with van der Waals surface area (Å²) in [5.74, 6) is 1.56. The van der Waals surface area contributed by atoms with Gasteiger partial charge in [-0.15, -0.1) is 0 Å². The van der Waals surface area contributed by atoms with E-state index in [-0.39, 0.29) is 18.6 Å². The molecule has 2 aromatic carbocycles. The maximum atomic E-state index is 12.9. The van der Waals surface area contributed by atoms with Gasteiger partial charge in [-0.05, 0) is 25.1 Å². The van der Waals surface area contributed by atoms with Gasteiger partial charge in [-0.1, -0.05) is 48.5 Å². The Morgan fingerprint density at radius 3 is 2.45 bits per heavy atom. The van der Waals surface area contributed by atoms with Gasteiger partial charge in [0.1, 0.15) is 5.82 Å². The molecule has 3 heterocycles. The molecule has 33 heavy (non-hydrogen) atoms. The number of rotatable bonds is 5. The average molecular weight is 441 g/mol. The summed E-state index contributed by atoms with van der Waals surface area (Å²) in [6.45, 7) is 3.19. The summed E-state index contributed by atoms with van der Waals surface area (Å²) in [4.78, 5) is 30.8. The van der Waals surface area contributed by atoms with Crippen LogP contribution >= 0.6 is 0 Å². The predicted molar refractivity (Wildman–Crippen MR) is 128 cm³/mol. The van der Waals surface area contributed by atoms with E-state index in [0.29, 0.717) is 30.0 Å². The van der Waals surface area contributed by atoms with Crippen LogP contribution in [0.2, 0.25) is 0 Å². The zero-order chi connectivity index (χ0) is 22.8. The van der Waals surface area contributed by atoms with Crippen LogP contribution in [0.3, 0.4) is 0 Å². The van der Waals surface area contributed by atoms with Crippen molar-refractivity contribution in [3.63, 3.8) is 0 Å². The molecule has 0 amide bonds. The standard InChI is InChI=1S/C25H24N6O2/c1-2-29(19-11-7-4-8-12-19)24-26-14-13-22(28-24)30-16-20(32)17-31-23(33)15-21(27-25(30)31)18-9-5-3-6-10-18/h3-15,20,32H,2,16-17H2,1H3. The van der Waals surface area contributed by atoms with Gasteiger partial charge in [0.25, 0.3) is 5.56 Å². The maximum absolute atomic E-state index is 12.9. The molecule has 2 aromatic heterocycles. The van der Waals surface area contributed by atoms with Gasteiger partial charge in [0.15, 0.2) is 0 Å². The minimum Gasteiger partial charge on any atom is -0.389 e. The third-order valence-corrected chi connectivity index (χ3v) is 5.62. The third-order valence-electron chi connectivity index (χ3n) is 5.62. The lowest BCUT2D eigenvalue weighted by Gasteiger charge is -2.33. The molecule has 4 aromatic rings. The number of anilines is 4. The Labute approximate surface area is 191 Å². The normalized spacial score (nSPS) is 15.2. The molecule has 1 aliphatic heterocycles. The SMILES string of the molecule is CCN(c1ccccc1)c1nccc(N2CC(O)Cn3c2nc(-c2ccccc2)cc3=O)n1. The zero-order valence-electron chi connectivity index (χ0n) is 18.2. The number of para-hydroxylation sites is 1. The number of aliphatic hydroxyl groups is 1. The van der Waals surface area contributed by atoms with Gasteiger partial charge < -0.3 is 10.0 Å². The average Bonchev–Trinajstić information content (AvgIpc) is 2.86. The van der Waals surface area contributed by atoms with Crippen LogP contribution in [-0.2, 0) is 6.54 Å². The Hall–Kier alpha value is -4.04. The number of hydrogen-bond acceptors (Lipinski definition) is 7. The van der Waals surface area contributed by atoms with E-state index in [1.54, 1.807) is 17.2 Å². The van der Waals surface area contributed by atoms with Gasteiger partial charge in [0.05, 0.1) is 24.9 Å². The molecule has 0 spiro atoms. The molecular formula is C25H24N6O2. The monoisotopic (exact) mass is 440 g/mol. The first kappa shape index (κ1) is 20.8. The summed E-state index contributed by atoms with van der Waals surface area (Å²) < 4.78 is 1.50. The van der Waals surface area contributed by atoms with Gasteiger partial charge in [-0.3, -0.25) is 14.3 Å². The van der Waals surface area contributed by atoms with Crippen LogP contribution in [0.4, 0.5) is 23.4 Å². The van der Waals surface area contributed by atoms with Gasteiger partial charge in [0.2, 0.25) is 11.9 Å². The largest absolute Gasteiger partial charge is 0.389 e. The number of nitrogens with zero attached hydrogens (tertiary/aromatic N) is 6. The summed E-state index contributed by atoms with van der Waals surface area (Å²) in [5, 5.41) is 10.5. The van der Waals surface area contributed by atoms with E-state index in [9.17, 15) is 9.90 Å². The number of hydrogen-bond donors (Lipinski definition) is 1. The molecule has 1 aliphatic rings. The van der Waals surface area contributed by atoms with Crippen molar-refractivity contribution in [2.24, 2.45) is 0 Å². The Morgan fingerprint density at radius 1 is 1.00 bits per heavy atom. The van der Waals surface area contributed by atoms with E-state index in [0.717, 1.165) is 11.3 Å². The lowest BCUT2D eigenvalue weighted by Crippen LogP contribution is -2.44. The molecule has 0 aliphatic carbocycles. The number of β-amino-alcohol motifs (C(OH)–C–C–N with tert-alkyl or cyclic N) is 1. The molecule has 1 unspecified atom stereocenters. The highest BCUT2D eigenvalue weighted by Crippen LogP contribution is 2.29. The predicted octanol–water partition coefficient (Wildman–Crippen LogP) is 3.37. The van der Waals surface area contributed by atoms with Crippen LogP contribution in [0.15, 0.2) is 83.8 Å². The third kappa shape index (κ3) is 4.08. The first-order valence-electron chi connectivity index (χ1n) is 10.9. The highest BCUT2D eigenvalue weighted by atomic mass is 16.3. The van der Waals surface area contributed by atoms with Crippen molar-refractivity contribution in [1.29, 1.82) is 0 Å². The first-order valence-corrected chi connectivity index (χ1v) is 10.9. The molecule has 0 radical (unpaired) electrons. The van der Waals surface area contributed by atoms with Gasteiger partial charge in [-0.2, -0.15) is 4.98 Å². The second-order valence-corrected chi connectivity index (χ2v) is 7.82. The summed E-state index contributed by atoms with van der Waals surface area (Å²) in [6.07, 6.45) is 0.961. The highest BCUT2D eigenvalue weighted by Gasteiger charge is 2.28. The smallest absolute Gasteiger partial charge is 0.255 e. The Bertz CT molecular complexity index is 1310. The van der Waals surface area contributed by atoms with Crippen molar-refractivity contribution in [2.75, 3.05) is 22.9 Å². The van der Waals surface area contributed by atoms with Crippen molar-refractivity contribution in [3.8, 4) is 11.3 Å². The van der Waals surface area contributed by atoms with E-state index in [1.165, 1.54) is 10.6 Å². The van der Waals surface area contributed by atoms with Gasteiger partial charge >= 0.3 is 0 Å². The van der Waals surface area contributed by atoms with Crippen LogP contribution in [0, 0.1) is 0 Å². The molecule has 0 fully saturated rings. The number of benzene rings is 2. The van der Waals surface area contributed by atoms with E-state index in [2.05, 4.69) is 4.98 Å². The van der Waals surface area contributed by atoms with Crippen LogP contribution in [-0.4, -0.2) is 43.8 Å². The molecule has 0 saturated carbocycles. The van der Waals surface area contributed by atoms with Crippen molar-refractivity contribution in [3.05, 3.63) is 89.3 Å². The number of aliphatic hydroxyl groups excluding tert-OH is 1. The molecule has 1 atom stereocenters. The van der Waals surface area contributed by atoms with E-state index in [1.807, 2.05) is 72.5 Å². The lowest BCUT2D eigenvalue weighted by molar-refractivity contribution is 0.150. The fourth-order valence-corrected chi connectivity index (χ4v) is 4.05. The van der Waals surface area contributed by atoms with Crippen molar-refractivity contribution >= 4 is 23.4 Å². The van der Waals surface area contributed by atoms with E-state index >= 15 is 0 Å². The molecule has 8 nitrogen and oxygen atoms in total. The summed E-state index contributed by atoms with van der Waals surface area (Å²) >= 11 is 0. The molecule has 0 bridgehead atoms. The highest BCUT2D eigenvalue weighted by molar-refractivity contribution is 5.64. The van der Waals surface area contributed by atoms with Crippen molar-refractivity contribution < 1.29 is 5.11 Å². The molecule has 8 heteroatoms. The van der Waals surface area contributed by atoms with Crippen LogP contribution in [0.25, 0.3) is 11.3 Å². The van der Waals surface area contributed by atoms with E-state index < -0.39 is 6.10 Å². The minimum absolute atomic E-state index is 0.190. The van der Waals surface area contributed by atoms with Gasteiger partial charge in [0, 0.05) is 30.1 Å². The summed E-state index contributed by atoms with van der Waals surface area (Å²) in [7, 11) is 0. The topological polar surface area (TPSA) is 87.4 Å². The number of aromatic nitrogens is 4. The minimum atomic E-state index is -0.727. The second-order valence-electron chi connectivity index (χ2n) is 7.82.